The first kappa shape index (κ1) is 22.9. The van der Waals surface area contributed by atoms with E-state index in [-0.39, 0.29) is 19.0 Å². The summed E-state index contributed by atoms with van der Waals surface area (Å²) in [4.78, 5) is 12.8. The van der Waals surface area contributed by atoms with Gasteiger partial charge in [0, 0.05) is 19.6 Å². The minimum absolute atomic E-state index is 0. The summed E-state index contributed by atoms with van der Waals surface area (Å²) in [7, 11) is 1.68. The fraction of sp³-hybridized carbons (Fsp3) is 0.348. The van der Waals surface area contributed by atoms with E-state index >= 15 is 0 Å². The lowest BCUT2D eigenvalue weighted by Gasteiger charge is -2.28. The Morgan fingerprint density at radius 2 is 1.62 bits per heavy atom. The van der Waals surface area contributed by atoms with Crippen LogP contribution in [0.1, 0.15) is 18.4 Å². The number of halogens is 1. The van der Waals surface area contributed by atoms with Gasteiger partial charge < -0.3 is 19.5 Å². The van der Waals surface area contributed by atoms with Crippen molar-refractivity contribution < 1.29 is 19.4 Å². The van der Waals surface area contributed by atoms with Crippen LogP contribution in [-0.4, -0.2) is 55.9 Å². The van der Waals surface area contributed by atoms with E-state index < -0.39 is 5.97 Å². The molecule has 0 atom stereocenters. The van der Waals surface area contributed by atoms with Crippen LogP contribution in [-0.2, 0) is 9.53 Å². The maximum atomic E-state index is 10.4. The van der Waals surface area contributed by atoms with Crippen molar-refractivity contribution in [2.24, 2.45) is 0 Å². The quantitative estimate of drug-likeness (QED) is 0.646. The van der Waals surface area contributed by atoms with Crippen molar-refractivity contribution in [3.63, 3.8) is 0 Å². The number of carbonyl (C=O) groups is 1. The summed E-state index contributed by atoms with van der Waals surface area (Å²) in [5.74, 6) is -0.0493. The largest absolute Gasteiger partial charge is 0.497 e. The predicted molar refractivity (Wildman–Crippen MR) is 118 cm³/mol. The number of hydrogen-bond donors (Lipinski definition) is 1. The van der Waals surface area contributed by atoms with Gasteiger partial charge in [-0.15, -0.1) is 12.4 Å². The molecule has 6 heteroatoms. The third-order valence-electron chi connectivity index (χ3n) is 4.98. The summed E-state index contributed by atoms with van der Waals surface area (Å²) >= 11 is 0. The number of carboxylic acids is 1. The van der Waals surface area contributed by atoms with E-state index in [1.54, 1.807) is 7.11 Å². The molecule has 0 aromatic heterocycles. The molecule has 156 valence electrons. The van der Waals surface area contributed by atoms with Crippen LogP contribution in [0.25, 0.3) is 17.2 Å². The second-order valence-corrected chi connectivity index (χ2v) is 6.94. The molecule has 0 radical (unpaired) electrons. The molecule has 0 aliphatic carbocycles. The highest BCUT2D eigenvalue weighted by molar-refractivity contribution is 5.85. The van der Waals surface area contributed by atoms with Crippen LogP contribution in [0.4, 0.5) is 0 Å². The van der Waals surface area contributed by atoms with E-state index in [4.69, 9.17) is 14.6 Å². The van der Waals surface area contributed by atoms with Gasteiger partial charge in [0.1, 0.15) is 12.4 Å². The lowest BCUT2D eigenvalue weighted by molar-refractivity contribution is -0.142. The molecular weight excluding hydrogens is 390 g/mol. The fourth-order valence-corrected chi connectivity index (χ4v) is 3.35. The fourth-order valence-electron chi connectivity index (χ4n) is 3.35. The molecule has 0 spiro atoms. The minimum atomic E-state index is -0.915. The number of nitrogens with zero attached hydrogens (tertiary/aromatic N) is 1. The zero-order valence-electron chi connectivity index (χ0n) is 16.7. The summed E-state index contributed by atoms with van der Waals surface area (Å²) in [6.45, 7) is 3.03. The number of piperidine rings is 1. The molecule has 0 unspecified atom stereocenters. The van der Waals surface area contributed by atoms with Gasteiger partial charge >= 0.3 is 5.97 Å². The van der Waals surface area contributed by atoms with Gasteiger partial charge in [0.25, 0.3) is 0 Å². The van der Waals surface area contributed by atoms with Gasteiger partial charge in [-0.05, 0) is 41.7 Å². The van der Waals surface area contributed by atoms with Gasteiger partial charge in [-0.3, -0.25) is 0 Å². The summed E-state index contributed by atoms with van der Waals surface area (Å²) in [6, 6.07) is 16.7. The number of methoxy groups -OCH3 is 1. The zero-order valence-corrected chi connectivity index (χ0v) is 17.5. The van der Waals surface area contributed by atoms with E-state index in [1.807, 2.05) is 12.1 Å². The van der Waals surface area contributed by atoms with Crippen molar-refractivity contribution in [1.29, 1.82) is 0 Å². The van der Waals surface area contributed by atoms with Gasteiger partial charge in [0.15, 0.2) is 0 Å². The van der Waals surface area contributed by atoms with Crippen molar-refractivity contribution in [3.05, 3.63) is 59.7 Å². The van der Waals surface area contributed by atoms with Crippen LogP contribution in [0.3, 0.4) is 0 Å². The number of rotatable bonds is 8. The lowest BCUT2D eigenvalue weighted by atomic mass is 9.99. The first-order chi connectivity index (χ1) is 13.6. The zero-order chi connectivity index (χ0) is 19.8. The van der Waals surface area contributed by atoms with Gasteiger partial charge in [-0.2, -0.15) is 0 Å². The number of ether oxygens (including phenoxy) is 2. The lowest BCUT2D eigenvalue weighted by Crippen LogP contribution is -2.33. The van der Waals surface area contributed by atoms with Crippen LogP contribution in [0.5, 0.6) is 5.75 Å². The SMILES string of the molecule is COc1ccc(-c2ccc(C=C3CCN(CCOCC(=O)O)CC3)cc2)cc1.Cl. The minimum Gasteiger partial charge on any atom is -0.497 e. The Morgan fingerprint density at radius 1 is 1.03 bits per heavy atom. The summed E-state index contributed by atoms with van der Waals surface area (Å²) in [6.07, 6.45) is 4.37. The number of likely N-dealkylation sites (tertiary alicyclic amines) is 1. The number of hydrogen-bond acceptors (Lipinski definition) is 4. The van der Waals surface area contributed by atoms with Crippen LogP contribution < -0.4 is 4.74 Å². The standard InChI is InChI=1S/C23H27NO4.ClH/c1-27-22-8-6-21(7-9-22)20-4-2-18(3-5-20)16-19-10-12-24(13-11-19)14-15-28-17-23(25)26;/h2-9,16H,10-15,17H2,1H3,(H,25,26);1H. The van der Waals surface area contributed by atoms with Crippen molar-refractivity contribution >= 4 is 24.5 Å². The third-order valence-corrected chi connectivity index (χ3v) is 4.98. The van der Waals surface area contributed by atoms with Crippen molar-refractivity contribution in [3.8, 4) is 16.9 Å². The van der Waals surface area contributed by atoms with E-state index in [9.17, 15) is 4.79 Å². The molecule has 0 saturated carbocycles. The molecule has 1 heterocycles. The number of carboxylic acid groups (broad SMARTS) is 1. The summed E-state index contributed by atoms with van der Waals surface area (Å²) in [5.41, 5.74) is 5.06. The highest BCUT2D eigenvalue weighted by atomic mass is 35.5. The maximum absolute atomic E-state index is 10.4. The van der Waals surface area contributed by atoms with E-state index in [2.05, 4.69) is 47.4 Å². The average Bonchev–Trinajstić information content (AvgIpc) is 2.73. The molecule has 2 aromatic carbocycles. The van der Waals surface area contributed by atoms with Crippen LogP contribution in [0.15, 0.2) is 54.1 Å². The smallest absolute Gasteiger partial charge is 0.329 e. The topological polar surface area (TPSA) is 59.0 Å². The Balaban J connectivity index is 0.00000300. The summed E-state index contributed by atoms with van der Waals surface area (Å²) < 4.78 is 10.3. The first-order valence-electron chi connectivity index (χ1n) is 9.60. The van der Waals surface area contributed by atoms with Crippen molar-refractivity contribution in [2.75, 3.05) is 40.0 Å². The first-order valence-corrected chi connectivity index (χ1v) is 9.60. The van der Waals surface area contributed by atoms with Gasteiger partial charge in [0.05, 0.1) is 13.7 Å². The molecule has 1 aliphatic rings. The molecule has 1 saturated heterocycles. The predicted octanol–water partition coefficient (Wildman–Crippen LogP) is 4.36. The average molecular weight is 418 g/mol. The third kappa shape index (κ3) is 7.20. The highest BCUT2D eigenvalue weighted by Gasteiger charge is 2.13. The molecule has 1 fully saturated rings. The van der Waals surface area contributed by atoms with Crippen molar-refractivity contribution in [1.82, 2.24) is 4.90 Å². The van der Waals surface area contributed by atoms with E-state index in [0.29, 0.717) is 6.61 Å². The monoisotopic (exact) mass is 417 g/mol. The molecule has 2 aromatic rings. The molecule has 1 aliphatic heterocycles. The van der Waals surface area contributed by atoms with Crippen LogP contribution >= 0.6 is 12.4 Å². The second kappa shape index (κ2) is 11.6. The molecule has 29 heavy (non-hydrogen) atoms. The van der Waals surface area contributed by atoms with Crippen molar-refractivity contribution in [2.45, 2.75) is 12.8 Å². The van der Waals surface area contributed by atoms with Gasteiger partial charge in [0.2, 0.25) is 0 Å². The molecule has 1 N–H and O–H groups in total. The van der Waals surface area contributed by atoms with E-state index in [0.717, 1.165) is 38.2 Å². The Labute approximate surface area is 178 Å². The Morgan fingerprint density at radius 3 is 2.17 bits per heavy atom. The molecule has 5 nitrogen and oxygen atoms in total. The Bertz CT molecular complexity index is 793. The van der Waals surface area contributed by atoms with Crippen LogP contribution in [0.2, 0.25) is 0 Å². The molecule has 0 amide bonds. The number of benzene rings is 2. The number of aliphatic carboxylic acids is 1. The Hall–Kier alpha value is -2.34. The second-order valence-electron chi connectivity index (χ2n) is 6.94. The van der Waals surface area contributed by atoms with Crippen LogP contribution in [0, 0.1) is 0 Å². The maximum Gasteiger partial charge on any atom is 0.329 e. The highest BCUT2D eigenvalue weighted by Crippen LogP contribution is 2.24. The van der Waals surface area contributed by atoms with E-state index in [1.165, 1.54) is 22.3 Å². The normalized spacial score (nSPS) is 14.2. The van der Waals surface area contributed by atoms with Gasteiger partial charge in [-0.1, -0.05) is 48.0 Å². The Kier molecular flexibility index (Phi) is 9.19. The summed E-state index contributed by atoms with van der Waals surface area (Å²) in [5, 5.41) is 8.58. The molecule has 0 bridgehead atoms. The molecular formula is C23H28ClNO4. The van der Waals surface area contributed by atoms with Gasteiger partial charge in [-0.25, -0.2) is 4.79 Å². The molecule has 3 rings (SSSR count).